The first-order chi connectivity index (χ1) is 3.83. The number of rotatable bonds is 1. The first-order valence-corrected chi connectivity index (χ1v) is 2.61. The third-order valence-electron chi connectivity index (χ3n) is 1.07. The summed E-state index contributed by atoms with van der Waals surface area (Å²) in [4.78, 5) is 13.9. The van der Waals surface area contributed by atoms with Crippen LogP contribution in [0, 0.1) is 0 Å². The fraction of sp³-hybridized carbons (Fsp3) is 0.333. The van der Waals surface area contributed by atoms with Crippen LogP contribution in [0.3, 0.4) is 0 Å². The summed E-state index contributed by atoms with van der Waals surface area (Å²) >= 11 is 0. The molecular formula is C6H7NO. The Kier molecular flexibility index (Phi) is 1.24. The van der Waals surface area contributed by atoms with E-state index in [1.54, 1.807) is 12.3 Å². The van der Waals surface area contributed by atoms with Crippen molar-refractivity contribution < 1.29 is 4.79 Å². The molecule has 0 aromatic carbocycles. The Hall–Kier alpha value is -0.920. The SMILES string of the molecule is CCC1=CC(=O)N=C1. The zero-order valence-corrected chi connectivity index (χ0v) is 4.72. The van der Waals surface area contributed by atoms with Gasteiger partial charge in [0.1, 0.15) is 0 Å². The summed E-state index contributed by atoms with van der Waals surface area (Å²) in [6.45, 7) is 2.00. The highest BCUT2D eigenvalue weighted by molar-refractivity contribution is 6.06. The Bertz CT molecular complexity index is 167. The van der Waals surface area contributed by atoms with Crippen LogP contribution in [0.25, 0.3) is 0 Å². The van der Waals surface area contributed by atoms with Crippen molar-refractivity contribution >= 4 is 12.1 Å². The van der Waals surface area contributed by atoms with Gasteiger partial charge in [0, 0.05) is 12.3 Å². The van der Waals surface area contributed by atoms with E-state index in [9.17, 15) is 4.79 Å². The average molecular weight is 109 g/mol. The van der Waals surface area contributed by atoms with E-state index in [2.05, 4.69) is 4.99 Å². The van der Waals surface area contributed by atoms with Gasteiger partial charge < -0.3 is 0 Å². The van der Waals surface area contributed by atoms with E-state index in [1.807, 2.05) is 6.92 Å². The number of aliphatic imine (C=N–C) groups is 1. The Morgan fingerprint density at radius 1 is 1.75 bits per heavy atom. The Morgan fingerprint density at radius 2 is 2.50 bits per heavy atom. The summed E-state index contributed by atoms with van der Waals surface area (Å²) in [5.41, 5.74) is 1.02. The molecule has 0 spiro atoms. The lowest BCUT2D eigenvalue weighted by molar-refractivity contribution is -0.113. The molecule has 0 aliphatic carbocycles. The molecule has 1 amide bonds. The maximum absolute atomic E-state index is 10.3. The predicted octanol–water partition coefficient (Wildman–Crippen LogP) is 0.934. The van der Waals surface area contributed by atoms with Crippen LogP contribution in [-0.2, 0) is 4.79 Å². The summed E-state index contributed by atoms with van der Waals surface area (Å²) in [5.74, 6) is -0.123. The number of nitrogens with zero attached hydrogens (tertiary/aromatic N) is 1. The number of hydrogen-bond acceptors (Lipinski definition) is 1. The van der Waals surface area contributed by atoms with Crippen LogP contribution in [0.15, 0.2) is 16.6 Å². The maximum atomic E-state index is 10.3. The van der Waals surface area contributed by atoms with Crippen LogP contribution in [0.5, 0.6) is 0 Å². The molecule has 0 aromatic heterocycles. The Balaban J connectivity index is 2.72. The highest BCUT2D eigenvalue weighted by Crippen LogP contribution is 2.02. The van der Waals surface area contributed by atoms with Gasteiger partial charge in [-0.3, -0.25) is 4.79 Å². The molecule has 0 fully saturated rings. The zero-order chi connectivity index (χ0) is 5.98. The minimum absolute atomic E-state index is 0.123. The van der Waals surface area contributed by atoms with Crippen molar-refractivity contribution in [3.8, 4) is 0 Å². The van der Waals surface area contributed by atoms with E-state index in [-0.39, 0.29) is 5.91 Å². The molecule has 0 N–H and O–H groups in total. The van der Waals surface area contributed by atoms with Gasteiger partial charge in [-0.1, -0.05) is 6.92 Å². The highest BCUT2D eigenvalue weighted by atomic mass is 16.1. The first-order valence-electron chi connectivity index (χ1n) is 2.61. The van der Waals surface area contributed by atoms with Gasteiger partial charge in [-0.2, -0.15) is 0 Å². The monoisotopic (exact) mass is 109 g/mol. The summed E-state index contributed by atoms with van der Waals surface area (Å²) in [6, 6.07) is 0. The molecule has 1 heterocycles. The standard InChI is InChI=1S/C6H7NO/c1-2-5-3-6(8)7-4-5/h3-4H,2H2,1H3. The number of amides is 1. The second-order valence-corrected chi connectivity index (χ2v) is 1.67. The normalized spacial score (nSPS) is 17.1. The third kappa shape index (κ3) is 0.832. The van der Waals surface area contributed by atoms with Crippen LogP contribution >= 0.6 is 0 Å². The second kappa shape index (κ2) is 1.90. The molecule has 0 unspecified atom stereocenters. The topological polar surface area (TPSA) is 29.4 Å². The summed E-state index contributed by atoms with van der Waals surface area (Å²) in [5, 5.41) is 0. The van der Waals surface area contributed by atoms with E-state index >= 15 is 0 Å². The molecule has 0 saturated carbocycles. The van der Waals surface area contributed by atoms with Crippen LogP contribution in [-0.4, -0.2) is 12.1 Å². The molecule has 0 atom stereocenters. The zero-order valence-electron chi connectivity index (χ0n) is 4.72. The van der Waals surface area contributed by atoms with Gasteiger partial charge in [0.2, 0.25) is 0 Å². The lowest BCUT2D eigenvalue weighted by atomic mass is 10.2. The van der Waals surface area contributed by atoms with Crippen molar-refractivity contribution in [1.82, 2.24) is 0 Å². The van der Waals surface area contributed by atoms with Crippen molar-refractivity contribution in [2.45, 2.75) is 13.3 Å². The smallest absolute Gasteiger partial charge is 0.267 e. The molecule has 2 heteroatoms. The summed E-state index contributed by atoms with van der Waals surface area (Å²) < 4.78 is 0. The van der Waals surface area contributed by atoms with Crippen molar-refractivity contribution in [2.24, 2.45) is 4.99 Å². The number of carbonyl (C=O) groups excluding carboxylic acids is 1. The number of hydrogen-bond donors (Lipinski definition) is 0. The number of carbonyl (C=O) groups is 1. The fourth-order valence-corrected chi connectivity index (χ4v) is 0.573. The minimum Gasteiger partial charge on any atom is -0.267 e. The molecule has 2 nitrogen and oxygen atoms in total. The molecule has 0 radical (unpaired) electrons. The molecule has 0 bridgehead atoms. The molecule has 1 aliphatic heterocycles. The van der Waals surface area contributed by atoms with E-state index < -0.39 is 0 Å². The summed E-state index contributed by atoms with van der Waals surface area (Å²) in [7, 11) is 0. The van der Waals surface area contributed by atoms with Gasteiger partial charge in [-0.15, -0.1) is 0 Å². The average Bonchev–Trinajstić information content (AvgIpc) is 2.14. The van der Waals surface area contributed by atoms with E-state index in [0.717, 1.165) is 12.0 Å². The summed E-state index contributed by atoms with van der Waals surface area (Å²) in [6.07, 6.45) is 4.07. The van der Waals surface area contributed by atoms with Gasteiger partial charge in [0.05, 0.1) is 0 Å². The minimum atomic E-state index is -0.123. The van der Waals surface area contributed by atoms with Gasteiger partial charge in [0.25, 0.3) is 5.91 Å². The van der Waals surface area contributed by atoms with E-state index in [4.69, 9.17) is 0 Å². The van der Waals surface area contributed by atoms with Crippen molar-refractivity contribution in [3.63, 3.8) is 0 Å². The van der Waals surface area contributed by atoms with Gasteiger partial charge in [0.15, 0.2) is 0 Å². The molecule has 1 aliphatic rings. The molecule has 1 rings (SSSR count). The predicted molar refractivity (Wildman–Crippen MR) is 31.9 cm³/mol. The van der Waals surface area contributed by atoms with E-state index in [0.29, 0.717) is 0 Å². The second-order valence-electron chi connectivity index (χ2n) is 1.67. The van der Waals surface area contributed by atoms with Gasteiger partial charge >= 0.3 is 0 Å². The van der Waals surface area contributed by atoms with Gasteiger partial charge in [-0.25, -0.2) is 4.99 Å². The molecular weight excluding hydrogens is 102 g/mol. The van der Waals surface area contributed by atoms with Crippen LogP contribution in [0.4, 0.5) is 0 Å². The Morgan fingerprint density at radius 3 is 2.75 bits per heavy atom. The van der Waals surface area contributed by atoms with Crippen LogP contribution in [0.1, 0.15) is 13.3 Å². The lowest BCUT2D eigenvalue weighted by Gasteiger charge is -1.81. The number of allylic oxidation sites excluding steroid dienone is 1. The molecule has 0 saturated heterocycles. The quantitative estimate of drug-likeness (QED) is 0.492. The largest absolute Gasteiger partial charge is 0.269 e. The highest BCUT2D eigenvalue weighted by Gasteiger charge is 2.01. The van der Waals surface area contributed by atoms with Gasteiger partial charge in [-0.05, 0) is 12.0 Å². The van der Waals surface area contributed by atoms with Crippen molar-refractivity contribution in [2.75, 3.05) is 0 Å². The molecule has 8 heavy (non-hydrogen) atoms. The van der Waals surface area contributed by atoms with E-state index in [1.165, 1.54) is 0 Å². The fourth-order valence-electron chi connectivity index (χ4n) is 0.573. The third-order valence-corrected chi connectivity index (χ3v) is 1.07. The molecule has 42 valence electrons. The van der Waals surface area contributed by atoms with Crippen LogP contribution in [0.2, 0.25) is 0 Å². The molecule has 0 aromatic rings. The van der Waals surface area contributed by atoms with Crippen LogP contribution < -0.4 is 0 Å². The lowest BCUT2D eigenvalue weighted by Crippen LogP contribution is -1.77. The maximum Gasteiger partial charge on any atom is 0.269 e. The Labute approximate surface area is 47.9 Å². The van der Waals surface area contributed by atoms with Crippen molar-refractivity contribution in [3.05, 3.63) is 11.6 Å². The first kappa shape index (κ1) is 5.22. The van der Waals surface area contributed by atoms with Crippen molar-refractivity contribution in [1.29, 1.82) is 0 Å².